The Morgan fingerprint density at radius 1 is 1.65 bits per heavy atom. The summed E-state index contributed by atoms with van der Waals surface area (Å²) in [4.78, 5) is 13.0. The number of ether oxygens (including phenoxy) is 1. The molecular weight excluding hydrogens is 222 g/mol. The second kappa shape index (κ2) is 6.36. The third kappa shape index (κ3) is 3.83. The summed E-state index contributed by atoms with van der Waals surface area (Å²) < 4.78 is 6.85. The molecule has 0 saturated heterocycles. The fourth-order valence-electron chi connectivity index (χ4n) is 1.53. The highest BCUT2D eigenvalue weighted by atomic mass is 16.5. The molecule has 6 nitrogen and oxygen atoms in total. The minimum absolute atomic E-state index is 0.260. The summed E-state index contributed by atoms with van der Waals surface area (Å²) in [6.45, 7) is 4.60. The second-order valence-electron chi connectivity index (χ2n) is 3.87. The molecule has 0 aliphatic heterocycles. The number of hydrogen-bond acceptors (Lipinski definition) is 4. The van der Waals surface area contributed by atoms with Crippen LogP contribution < -0.4 is 0 Å². The normalized spacial score (nSPS) is 11.1. The smallest absolute Gasteiger partial charge is 0.339 e. The van der Waals surface area contributed by atoms with Gasteiger partial charge in [-0.15, -0.1) is 0 Å². The van der Waals surface area contributed by atoms with Crippen LogP contribution in [0, 0.1) is 0 Å². The quantitative estimate of drug-likeness (QED) is 0.707. The fraction of sp³-hybridized carbons (Fsp3) is 0.636. The van der Waals surface area contributed by atoms with Gasteiger partial charge in [-0.05, 0) is 14.0 Å². The van der Waals surface area contributed by atoms with Crippen LogP contribution in [0.2, 0.25) is 0 Å². The zero-order chi connectivity index (χ0) is 12.8. The molecule has 1 aromatic rings. The van der Waals surface area contributed by atoms with Crippen molar-refractivity contribution in [1.82, 2.24) is 14.7 Å². The lowest BCUT2D eigenvalue weighted by molar-refractivity contribution is 0.0694. The summed E-state index contributed by atoms with van der Waals surface area (Å²) in [6.07, 6.45) is 1.38. The largest absolute Gasteiger partial charge is 0.478 e. The lowest BCUT2D eigenvalue weighted by Crippen LogP contribution is -2.25. The highest BCUT2D eigenvalue weighted by molar-refractivity contribution is 5.88. The van der Waals surface area contributed by atoms with Crippen LogP contribution in [0.1, 0.15) is 23.0 Å². The molecule has 1 heterocycles. The first-order chi connectivity index (χ1) is 8.06. The molecular formula is C11H19N3O3. The van der Waals surface area contributed by atoms with Gasteiger partial charge in [0.2, 0.25) is 0 Å². The van der Waals surface area contributed by atoms with Crippen molar-refractivity contribution in [1.29, 1.82) is 0 Å². The number of carbonyl (C=O) groups is 1. The Morgan fingerprint density at radius 2 is 2.35 bits per heavy atom. The van der Waals surface area contributed by atoms with E-state index in [0.29, 0.717) is 25.5 Å². The molecule has 0 bridgehead atoms. The summed E-state index contributed by atoms with van der Waals surface area (Å²) in [5.41, 5.74) is 0.965. The number of hydrogen-bond donors (Lipinski definition) is 1. The highest BCUT2D eigenvalue weighted by Gasteiger charge is 2.16. The highest BCUT2D eigenvalue weighted by Crippen LogP contribution is 2.09. The monoisotopic (exact) mass is 241 g/mol. The van der Waals surface area contributed by atoms with Crippen LogP contribution in [0.25, 0.3) is 0 Å². The third-order valence-electron chi connectivity index (χ3n) is 2.53. The predicted molar refractivity (Wildman–Crippen MR) is 63.0 cm³/mol. The average molecular weight is 241 g/mol. The van der Waals surface area contributed by atoms with Crippen molar-refractivity contribution in [2.45, 2.75) is 13.5 Å². The first-order valence-electron chi connectivity index (χ1n) is 5.56. The molecule has 0 unspecified atom stereocenters. The van der Waals surface area contributed by atoms with Gasteiger partial charge in [0.15, 0.2) is 0 Å². The zero-order valence-corrected chi connectivity index (χ0v) is 10.5. The second-order valence-corrected chi connectivity index (χ2v) is 3.87. The van der Waals surface area contributed by atoms with Gasteiger partial charge in [0.25, 0.3) is 0 Å². The van der Waals surface area contributed by atoms with E-state index >= 15 is 0 Å². The molecule has 0 spiro atoms. The Hall–Kier alpha value is -1.40. The number of carboxylic acids is 1. The van der Waals surface area contributed by atoms with Crippen molar-refractivity contribution in [2.75, 3.05) is 26.8 Å². The predicted octanol–water partition coefficient (Wildman–Crippen LogP) is 0.587. The van der Waals surface area contributed by atoms with Crippen molar-refractivity contribution in [2.24, 2.45) is 7.05 Å². The number of nitrogens with zero attached hydrogens (tertiary/aromatic N) is 3. The van der Waals surface area contributed by atoms with E-state index in [0.717, 1.165) is 6.54 Å². The fourth-order valence-corrected chi connectivity index (χ4v) is 1.53. The molecule has 0 atom stereocenters. The van der Waals surface area contributed by atoms with E-state index in [9.17, 15) is 4.79 Å². The molecule has 0 saturated carbocycles. The first kappa shape index (κ1) is 13.7. The molecule has 1 N–H and O–H groups in total. The molecule has 1 aromatic heterocycles. The van der Waals surface area contributed by atoms with Gasteiger partial charge in [-0.2, -0.15) is 5.10 Å². The lowest BCUT2D eigenvalue weighted by atomic mass is 10.2. The van der Waals surface area contributed by atoms with Gasteiger partial charge in [0.1, 0.15) is 5.56 Å². The van der Waals surface area contributed by atoms with Crippen LogP contribution in [-0.4, -0.2) is 52.6 Å². The lowest BCUT2D eigenvalue weighted by Gasteiger charge is -2.16. The van der Waals surface area contributed by atoms with Crippen molar-refractivity contribution < 1.29 is 14.6 Å². The molecule has 0 fully saturated rings. The van der Waals surface area contributed by atoms with E-state index in [1.54, 1.807) is 11.7 Å². The minimum Gasteiger partial charge on any atom is -0.478 e. The van der Waals surface area contributed by atoms with Gasteiger partial charge >= 0.3 is 5.97 Å². The van der Waals surface area contributed by atoms with Gasteiger partial charge in [-0.1, -0.05) is 0 Å². The van der Waals surface area contributed by atoms with E-state index in [2.05, 4.69) is 5.10 Å². The van der Waals surface area contributed by atoms with Crippen molar-refractivity contribution >= 4 is 5.97 Å². The molecule has 0 amide bonds. The van der Waals surface area contributed by atoms with Crippen molar-refractivity contribution in [3.63, 3.8) is 0 Å². The Morgan fingerprint density at radius 3 is 2.94 bits per heavy atom. The Kier molecular flexibility index (Phi) is 5.11. The number of likely N-dealkylation sites (N-methyl/N-ethyl adjacent to an activating group) is 1. The Bertz CT molecular complexity index is 376. The molecule has 1 rings (SSSR count). The van der Waals surface area contributed by atoms with E-state index in [1.807, 2.05) is 18.9 Å². The maximum absolute atomic E-state index is 11.0. The molecule has 0 aliphatic carbocycles. The number of aryl methyl sites for hydroxylation is 1. The van der Waals surface area contributed by atoms with Gasteiger partial charge < -0.3 is 9.84 Å². The van der Waals surface area contributed by atoms with Gasteiger partial charge in [-0.25, -0.2) is 4.79 Å². The summed E-state index contributed by atoms with van der Waals surface area (Å²) in [5, 5.41) is 13.0. The SMILES string of the molecule is CCOCCN(C)Cc1c(C(=O)O)cnn1C. The molecule has 0 aliphatic rings. The van der Waals surface area contributed by atoms with Crippen molar-refractivity contribution in [3.05, 3.63) is 17.5 Å². The van der Waals surface area contributed by atoms with Crippen LogP contribution in [0.3, 0.4) is 0 Å². The molecule has 0 radical (unpaired) electrons. The minimum atomic E-state index is -0.939. The van der Waals surface area contributed by atoms with Gasteiger partial charge in [0.05, 0.1) is 18.5 Å². The first-order valence-corrected chi connectivity index (χ1v) is 5.56. The summed E-state index contributed by atoms with van der Waals surface area (Å²) >= 11 is 0. The molecule has 0 aromatic carbocycles. The van der Waals surface area contributed by atoms with E-state index < -0.39 is 5.97 Å². The maximum Gasteiger partial charge on any atom is 0.339 e. The summed E-state index contributed by atoms with van der Waals surface area (Å²) in [6, 6.07) is 0. The number of aromatic carboxylic acids is 1. The Balaban J connectivity index is 2.61. The van der Waals surface area contributed by atoms with E-state index in [-0.39, 0.29) is 5.56 Å². The molecule has 17 heavy (non-hydrogen) atoms. The average Bonchev–Trinajstić information content (AvgIpc) is 2.61. The standard InChI is InChI=1S/C11H19N3O3/c1-4-17-6-5-13(2)8-10-9(11(15)16)7-12-14(10)3/h7H,4-6,8H2,1-3H3,(H,15,16). The van der Waals surface area contributed by atoms with Gasteiger partial charge in [-0.3, -0.25) is 9.58 Å². The molecule has 96 valence electrons. The van der Waals surface area contributed by atoms with E-state index in [1.165, 1.54) is 6.20 Å². The summed E-state index contributed by atoms with van der Waals surface area (Å²) in [7, 11) is 3.68. The van der Waals surface area contributed by atoms with Crippen molar-refractivity contribution in [3.8, 4) is 0 Å². The third-order valence-corrected chi connectivity index (χ3v) is 2.53. The Labute approximate surface area is 101 Å². The van der Waals surface area contributed by atoms with Crippen LogP contribution in [0.5, 0.6) is 0 Å². The van der Waals surface area contributed by atoms with Crippen LogP contribution >= 0.6 is 0 Å². The number of aromatic nitrogens is 2. The van der Waals surface area contributed by atoms with Gasteiger partial charge in [0, 0.05) is 26.7 Å². The maximum atomic E-state index is 11.0. The zero-order valence-electron chi connectivity index (χ0n) is 10.5. The van der Waals surface area contributed by atoms with Crippen LogP contribution in [0.15, 0.2) is 6.20 Å². The van der Waals surface area contributed by atoms with E-state index in [4.69, 9.17) is 9.84 Å². The number of rotatable bonds is 7. The van der Waals surface area contributed by atoms with Crippen LogP contribution in [0.4, 0.5) is 0 Å². The topological polar surface area (TPSA) is 67.6 Å². The number of carboxylic acid groups (broad SMARTS) is 1. The van der Waals surface area contributed by atoms with Crippen LogP contribution in [-0.2, 0) is 18.3 Å². The summed E-state index contributed by atoms with van der Waals surface area (Å²) in [5.74, 6) is -0.939. The molecule has 6 heteroatoms.